The molecule has 0 saturated heterocycles. The molecule has 19 heavy (non-hydrogen) atoms. The van der Waals surface area contributed by atoms with Gasteiger partial charge in [-0.1, -0.05) is 33.6 Å². The molecule has 0 aromatic carbocycles. The lowest BCUT2D eigenvalue weighted by molar-refractivity contribution is -0.140. The molecule has 108 valence electrons. The molecular weight excluding hydrogens is 242 g/mol. The number of aliphatic carboxylic acids is 1. The molecule has 4 nitrogen and oxygen atoms in total. The number of nitrogens with one attached hydrogen (secondary N) is 1. The third kappa shape index (κ3) is 2.49. The van der Waals surface area contributed by atoms with Crippen molar-refractivity contribution in [1.29, 1.82) is 0 Å². The van der Waals surface area contributed by atoms with Crippen molar-refractivity contribution in [2.45, 2.75) is 52.9 Å². The maximum Gasteiger partial charge on any atom is 0.307 e. The van der Waals surface area contributed by atoms with E-state index < -0.39 is 17.3 Å². The number of amides is 1. The van der Waals surface area contributed by atoms with E-state index in [1.54, 1.807) is 0 Å². The highest BCUT2D eigenvalue weighted by Gasteiger charge is 2.65. The maximum atomic E-state index is 12.2. The average Bonchev–Trinajstić information content (AvgIpc) is 2.74. The molecule has 0 aliphatic heterocycles. The van der Waals surface area contributed by atoms with E-state index in [0.29, 0.717) is 6.54 Å². The Hall–Kier alpha value is -1.06. The standard InChI is InChI=1S/C15H25NO3/c1-4-15(7-5-6-8-15)9-16-12(17)10-11(13(18)19)14(10,2)3/h10-11H,4-9H2,1-3H3,(H,16,17)(H,18,19). The highest BCUT2D eigenvalue weighted by atomic mass is 16.4. The molecule has 0 aromatic heterocycles. The first-order chi connectivity index (χ1) is 8.84. The van der Waals surface area contributed by atoms with Crippen LogP contribution >= 0.6 is 0 Å². The number of carbonyl (C=O) groups is 2. The minimum absolute atomic E-state index is 0.0721. The van der Waals surface area contributed by atoms with Gasteiger partial charge in [-0.05, 0) is 30.1 Å². The van der Waals surface area contributed by atoms with Gasteiger partial charge >= 0.3 is 5.97 Å². The van der Waals surface area contributed by atoms with Crippen molar-refractivity contribution in [3.8, 4) is 0 Å². The summed E-state index contributed by atoms with van der Waals surface area (Å²) in [6, 6.07) is 0. The van der Waals surface area contributed by atoms with Gasteiger partial charge in [-0.3, -0.25) is 9.59 Å². The van der Waals surface area contributed by atoms with Gasteiger partial charge in [-0.25, -0.2) is 0 Å². The van der Waals surface area contributed by atoms with E-state index in [0.717, 1.165) is 6.42 Å². The second kappa shape index (κ2) is 4.80. The van der Waals surface area contributed by atoms with Gasteiger partial charge in [0.05, 0.1) is 11.8 Å². The second-order valence-electron chi connectivity index (χ2n) is 6.89. The van der Waals surface area contributed by atoms with E-state index in [2.05, 4.69) is 12.2 Å². The minimum atomic E-state index is -0.851. The van der Waals surface area contributed by atoms with Gasteiger partial charge in [-0.15, -0.1) is 0 Å². The molecule has 0 bridgehead atoms. The summed E-state index contributed by atoms with van der Waals surface area (Å²) in [5.41, 5.74) is -0.140. The van der Waals surface area contributed by atoms with Crippen LogP contribution in [0.4, 0.5) is 0 Å². The second-order valence-corrected chi connectivity index (χ2v) is 6.89. The number of carboxylic acid groups (broad SMARTS) is 1. The molecule has 2 atom stereocenters. The van der Waals surface area contributed by atoms with Crippen LogP contribution in [0.15, 0.2) is 0 Å². The lowest BCUT2D eigenvalue weighted by Gasteiger charge is -2.27. The van der Waals surface area contributed by atoms with Crippen molar-refractivity contribution < 1.29 is 14.7 Å². The van der Waals surface area contributed by atoms with Crippen LogP contribution in [0.25, 0.3) is 0 Å². The molecule has 2 aliphatic rings. The van der Waals surface area contributed by atoms with Crippen molar-refractivity contribution in [2.75, 3.05) is 6.54 Å². The first kappa shape index (κ1) is 14.4. The molecule has 2 rings (SSSR count). The Bertz CT molecular complexity index is 383. The average molecular weight is 267 g/mol. The topological polar surface area (TPSA) is 66.4 Å². The largest absolute Gasteiger partial charge is 0.481 e. The summed E-state index contributed by atoms with van der Waals surface area (Å²) in [7, 11) is 0. The Morgan fingerprint density at radius 3 is 2.21 bits per heavy atom. The SMILES string of the molecule is CCC1(CNC(=O)C2C(C(=O)O)C2(C)C)CCCC1. The Labute approximate surface area is 115 Å². The van der Waals surface area contributed by atoms with Gasteiger partial charge in [0.25, 0.3) is 0 Å². The van der Waals surface area contributed by atoms with Gasteiger partial charge in [0, 0.05) is 6.54 Å². The number of hydrogen-bond donors (Lipinski definition) is 2. The fraction of sp³-hybridized carbons (Fsp3) is 0.867. The van der Waals surface area contributed by atoms with E-state index >= 15 is 0 Å². The maximum absolute atomic E-state index is 12.2. The van der Waals surface area contributed by atoms with Gasteiger partial charge in [0.1, 0.15) is 0 Å². The highest BCUT2D eigenvalue weighted by molar-refractivity contribution is 5.91. The molecular formula is C15H25NO3. The van der Waals surface area contributed by atoms with Crippen molar-refractivity contribution in [1.82, 2.24) is 5.32 Å². The fourth-order valence-electron chi connectivity index (χ4n) is 3.75. The van der Waals surface area contributed by atoms with Gasteiger partial charge in [0.15, 0.2) is 0 Å². The van der Waals surface area contributed by atoms with Gasteiger partial charge < -0.3 is 10.4 Å². The molecule has 2 unspecified atom stereocenters. The molecule has 0 aromatic rings. The van der Waals surface area contributed by atoms with E-state index in [1.165, 1.54) is 25.7 Å². The number of hydrogen-bond acceptors (Lipinski definition) is 2. The third-order valence-corrected chi connectivity index (χ3v) is 5.43. The zero-order valence-electron chi connectivity index (χ0n) is 12.2. The molecule has 1 amide bonds. The summed E-state index contributed by atoms with van der Waals surface area (Å²) in [5, 5.41) is 12.1. The lowest BCUT2D eigenvalue weighted by atomic mass is 9.83. The molecule has 0 radical (unpaired) electrons. The minimum Gasteiger partial charge on any atom is -0.481 e. The van der Waals surface area contributed by atoms with Crippen LogP contribution in [0.1, 0.15) is 52.9 Å². The fourth-order valence-corrected chi connectivity index (χ4v) is 3.75. The Morgan fingerprint density at radius 1 is 1.21 bits per heavy atom. The van der Waals surface area contributed by atoms with E-state index in [9.17, 15) is 9.59 Å². The summed E-state index contributed by atoms with van der Waals surface area (Å²) < 4.78 is 0. The Balaban J connectivity index is 1.91. The smallest absolute Gasteiger partial charge is 0.307 e. The van der Waals surface area contributed by atoms with Crippen LogP contribution in [0.5, 0.6) is 0 Å². The zero-order chi connectivity index (χ0) is 14.3. The predicted octanol–water partition coefficient (Wildman–Crippen LogP) is 2.43. The van der Waals surface area contributed by atoms with Crippen LogP contribution in [-0.2, 0) is 9.59 Å². The molecule has 2 N–H and O–H groups in total. The van der Waals surface area contributed by atoms with Crippen LogP contribution in [-0.4, -0.2) is 23.5 Å². The van der Waals surface area contributed by atoms with Crippen molar-refractivity contribution in [2.24, 2.45) is 22.7 Å². The van der Waals surface area contributed by atoms with Crippen LogP contribution in [0.3, 0.4) is 0 Å². The normalized spacial score (nSPS) is 30.9. The monoisotopic (exact) mass is 267 g/mol. The zero-order valence-corrected chi connectivity index (χ0v) is 12.2. The van der Waals surface area contributed by atoms with Gasteiger partial charge in [0.2, 0.25) is 5.91 Å². The molecule has 4 heteroatoms. The van der Waals surface area contributed by atoms with Crippen LogP contribution in [0.2, 0.25) is 0 Å². The molecule has 2 fully saturated rings. The van der Waals surface area contributed by atoms with Crippen LogP contribution < -0.4 is 5.32 Å². The lowest BCUT2D eigenvalue weighted by Crippen LogP contribution is -2.37. The Morgan fingerprint density at radius 2 is 1.79 bits per heavy atom. The predicted molar refractivity (Wildman–Crippen MR) is 72.6 cm³/mol. The first-order valence-corrected chi connectivity index (χ1v) is 7.34. The first-order valence-electron chi connectivity index (χ1n) is 7.34. The highest BCUT2D eigenvalue weighted by Crippen LogP contribution is 2.58. The molecule has 0 heterocycles. The molecule has 0 spiro atoms. The third-order valence-electron chi connectivity index (χ3n) is 5.43. The number of carbonyl (C=O) groups excluding carboxylic acids is 1. The van der Waals surface area contributed by atoms with E-state index in [1.807, 2.05) is 13.8 Å². The van der Waals surface area contributed by atoms with E-state index in [4.69, 9.17) is 5.11 Å². The molecule has 2 saturated carbocycles. The summed E-state index contributed by atoms with van der Waals surface area (Å²) >= 11 is 0. The van der Waals surface area contributed by atoms with Crippen molar-refractivity contribution in [3.05, 3.63) is 0 Å². The quantitative estimate of drug-likeness (QED) is 0.804. The summed E-state index contributed by atoms with van der Waals surface area (Å²) in [6.07, 6.45) is 5.94. The molecule has 2 aliphatic carbocycles. The Kier molecular flexibility index (Phi) is 3.63. The van der Waals surface area contributed by atoms with Gasteiger partial charge in [-0.2, -0.15) is 0 Å². The summed E-state index contributed by atoms with van der Waals surface area (Å²) in [4.78, 5) is 23.3. The number of rotatable bonds is 5. The summed E-state index contributed by atoms with van der Waals surface area (Å²) in [5.74, 6) is -1.80. The summed E-state index contributed by atoms with van der Waals surface area (Å²) in [6.45, 7) is 6.61. The van der Waals surface area contributed by atoms with Crippen LogP contribution in [0, 0.1) is 22.7 Å². The van der Waals surface area contributed by atoms with E-state index in [-0.39, 0.29) is 17.2 Å². The number of carboxylic acids is 1. The van der Waals surface area contributed by atoms with Crippen molar-refractivity contribution in [3.63, 3.8) is 0 Å². The van der Waals surface area contributed by atoms with Crippen molar-refractivity contribution >= 4 is 11.9 Å².